The van der Waals surface area contributed by atoms with E-state index in [-0.39, 0.29) is 5.91 Å². The monoisotopic (exact) mass is 327 g/mol. The van der Waals surface area contributed by atoms with E-state index in [2.05, 4.69) is 26.3 Å². The SMILES string of the molecule is Cc1nn(CCC(=O)NC2CCCCCC2)cc1Br. The number of hydrogen-bond donors (Lipinski definition) is 1. The van der Waals surface area contributed by atoms with Crippen LogP contribution in [0.3, 0.4) is 0 Å². The number of carbonyl (C=O) groups is 1. The smallest absolute Gasteiger partial charge is 0.222 e. The van der Waals surface area contributed by atoms with Crippen LogP contribution in [-0.4, -0.2) is 21.7 Å². The molecule has 2 rings (SSSR count). The molecule has 0 spiro atoms. The molecule has 106 valence electrons. The predicted molar refractivity (Wildman–Crippen MR) is 78.9 cm³/mol. The molecule has 4 nitrogen and oxygen atoms in total. The molecule has 1 aromatic rings. The standard InChI is InChI=1S/C14H22BrN3O/c1-11-13(15)10-18(17-11)9-8-14(19)16-12-6-4-2-3-5-7-12/h10,12H,2-9H2,1H3,(H,16,19). The van der Waals surface area contributed by atoms with Gasteiger partial charge in [0.2, 0.25) is 5.91 Å². The normalized spacial score (nSPS) is 17.2. The Morgan fingerprint density at radius 2 is 2.11 bits per heavy atom. The lowest BCUT2D eigenvalue weighted by atomic mass is 10.1. The summed E-state index contributed by atoms with van der Waals surface area (Å²) in [7, 11) is 0. The highest BCUT2D eigenvalue weighted by atomic mass is 79.9. The summed E-state index contributed by atoms with van der Waals surface area (Å²) < 4.78 is 2.82. The van der Waals surface area contributed by atoms with E-state index in [0.717, 1.165) is 23.0 Å². The van der Waals surface area contributed by atoms with Crippen LogP contribution in [0.15, 0.2) is 10.7 Å². The average molecular weight is 328 g/mol. The first kappa shape index (κ1) is 14.6. The number of aromatic nitrogens is 2. The molecule has 0 radical (unpaired) electrons. The first-order valence-electron chi connectivity index (χ1n) is 7.14. The maximum atomic E-state index is 11.9. The van der Waals surface area contributed by atoms with E-state index in [9.17, 15) is 4.79 Å². The highest BCUT2D eigenvalue weighted by Gasteiger charge is 2.14. The van der Waals surface area contributed by atoms with Crippen LogP contribution < -0.4 is 5.32 Å². The van der Waals surface area contributed by atoms with Gasteiger partial charge in [0, 0.05) is 25.2 Å². The molecule has 1 amide bonds. The fourth-order valence-electron chi connectivity index (χ4n) is 2.55. The molecule has 1 aromatic heterocycles. The topological polar surface area (TPSA) is 46.9 Å². The molecule has 1 N–H and O–H groups in total. The molecular weight excluding hydrogens is 306 g/mol. The summed E-state index contributed by atoms with van der Waals surface area (Å²) in [6.45, 7) is 2.59. The number of hydrogen-bond acceptors (Lipinski definition) is 2. The number of carbonyl (C=O) groups excluding carboxylic acids is 1. The molecule has 0 saturated heterocycles. The third-order valence-electron chi connectivity index (χ3n) is 3.67. The molecule has 0 unspecified atom stereocenters. The Morgan fingerprint density at radius 1 is 1.42 bits per heavy atom. The molecular formula is C14H22BrN3O. The van der Waals surface area contributed by atoms with Crippen LogP contribution in [0.25, 0.3) is 0 Å². The van der Waals surface area contributed by atoms with E-state index in [4.69, 9.17) is 0 Å². The highest BCUT2D eigenvalue weighted by molar-refractivity contribution is 9.10. The summed E-state index contributed by atoms with van der Waals surface area (Å²) in [6, 6.07) is 0.390. The Bertz CT molecular complexity index is 403. The summed E-state index contributed by atoms with van der Waals surface area (Å²) in [5.41, 5.74) is 0.962. The number of aryl methyl sites for hydroxylation is 2. The Kier molecular flexibility index (Phi) is 5.43. The second-order valence-electron chi connectivity index (χ2n) is 5.33. The third kappa shape index (κ3) is 4.64. The van der Waals surface area contributed by atoms with Crippen LogP contribution >= 0.6 is 15.9 Å². The molecule has 0 aliphatic heterocycles. The lowest BCUT2D eigenvalue weighted by Gasteiger charge is -2.16. The van der Waals surface area contributed by atoms with Crippen LogP contribution in [-0.2, 0) is 11.3 Å². The second kappa shape index (κ2) is 7.08. The zero-order valence-electron chi connectivity index (χ0n) is 11.5. The van der Waals surface area contributed by atoms with Crippen LogP contribution in [0.1, 0.15) is 50.6 Å². The van der Waals surface area contributed by atoms with Gasteiger partial charge in [-0.05, 0) is 35.7 Å². The minimum absolute atomic E-state index is 0.149. The minimum Gasteiger partial charge on any atom is -0.353 e. The van der Waals surface area contributed by atoms with Gasteiger partial charge in [-0.15, -0.1) is 0 Å². The van der Waals surface area contributed by atoms with Crippen LogP contribution in [0, 0.1) is 6.92 Å². The summed E-state index contributed by atoms with van der Waals surface area (Å²) in [5.74, 6) is 0.149. The van der Waals surface area contributed by atoms with Crippen molar-refractivity contribution in [3.05, 3.63) is 16.4 Å². The maximum absolute atomic E-state index is 11.9. The second-order valence-corrected chi connectivity index (χ2v) is 6.19. The van der Waals surface area contributed by atoms with E-state index in [1.54, 1.807) is 0 Å². The number of nitrogens with zero attached hydrogens (tertiary/aromatic N) is 2. The largest absolute Gasteiger partial charge is 0.353 e. The molecule has 0 atom stereocenters. The van der Waals surface area contributed by atoms with Gasteiger partial charge in [-0.25, -0.2) is 0 Å². The molecule has 0 bridgehead atoms. The van der Waals surface area contributed by atoms with Crippen molar-refractivity contribution < 1.29 is 4.79 Å². The fourth-order valence-corrected chi connectivity index (χ4v) is 2.86. The van der Waals surface area contributed by atoms with Gasteiger partial charge in [-0.1, -0.05) is 25.7 Å². The van der Waals surface area contributed by atoms with Crippen molar-refractivity contribution in [3.8, 4) is 0 Å². The number of rotatable bonds is 4. The Labute approximate surface area is 123 Å². The fraction of sp³-hybridized carbons (Fsp3) is 0.714. The van der Waals surface area contributed by atoms with E-state index in [1.807, 2.05) is 17.8 Å². The number of halogens is 1. The van der Waals surface area contributed by atoms with Crippen LogP contribution in [0.2, 0.25) is 0 Å². The number of amides is 1. The number of nitrogens with one attached hydrogen (secondary N) is 1. The molecule has 1 heterocycles. The lowest BCUT2D eigenvalue weighted by Crippen LogP contribution is -2.34. The van der Waals surface area contributed by atoms with Gasteiger partial charge < -0.3 is 5.32 Å². The van der Waals surface area contributed by atoms with Crippen molar-refractivity contribution in [1.82, 2.24) is 15.1 Å². The summed E-state index contributed by atoms with van der Waals surface area (Å²) in [4.78, 5) is 11.9. The molecule has 1 fully saturated rings. The zero-order chi connectivity index (χ0) is 13.7. The Balaban J connectivity index is 1.74. The molecule has 1 saturated carbocycles. The van der Waals surface area contributed by atoms with E-state index in [1.165, 1.54) is 25.7 Å². The van der Waals surface area contributed by atoms with Gasteiger partial charge in [0.1, 0.15) is 0 Å². The first-order valence-corrected chi connectivity index (χ1v) is 7.93. The van der Waals surface area contributed by atoms with E-state index < -0.39 is 0 Å². The van der Waals surface area contributed by atoms with E-state index >= 15 is 0 Å². The van der Waals surface area contributed by atoms with Gasteiger partial charge in [-0.3, -0.25) is 9.48 Å². The van der Waals surface area contributed by atoms with Crippen LogP contribution in [0.5, 0.6) is 0 Å². The van der Waals surface area contributed by atoms with Crippen molar-refractivity contribution in [2.45, 2.75) is 64.5 Å². The maximum Gasteiger partial charge on any atom is 0.222 e. The zero-order valence-corrected chi connectivity index (χ0v) is 13.1. The third-order valence-corrected chi connectivity index (χ3v) is 4.45. The van der Waals surface area contributed by atoms with Crippen molar-refractivity contribution in [2.24, 2.45) is 0 Å². The van der Waals surface area contributed by atoms with Crippen molar-refractivity contribution in [3.63, 3.8) is 0 Å². The highest BCUT2D eigenvalue weighted by Crippen LogP contribution is 2.17. The van der Waals surface area contributed by atoms with Gasteiger partial charge in [0.05, 0.1) is 10.2 Å². The molecule has 1 aliphatic carbocycles. The minimum atomic E-state index is 0.149. The summed E-state index contributed by atoms with van der Waals surface area (Å²) in [5, 5.41) is 7.49. The van der Waals surface area contributed by atoms with Gasteiger partial charge >= 0.3 is 0 Å². The molecule has 1 aliphatic rings. The molecule has 0 aromatic carbocycles. The van der Waals surface area contributed by atoms with Gasteiger partial charge in [-0.2, -0.15) is 5.10 Å². The van der Waals surface area contributed by atoms with Crippen molar-refractivity contribution in [1.29, 1.82) is 0 Å². The van der Waals surface area contributed by atoms with Crippen molar-refractivity contribution in [2.75, 3.05) is 0 Å². The Hall–Kier alpha value is -0.840. The molecule has 19 heavy (non-hydrogen) atoms. The summed E-state index contributed by atoms with van der Waals surface area (Å²) >= 11 is 3.43. The molecule has 5 heteroatoms. The average Bonchev–Trinajstić information content (AvgIpc) is 2.58. The summed E-state index contributed by atoms with van der Waals surface area (Å²) in [6.07, 6.45) is 9.82. The van der Waals surface area contributed by atoms with Crippen molar-refractivity contribution >= 4 is 21.8 Å². The lowest BCUT2D eigenvalue weighted by molar-refractivity contribution is -0.122. The first-order chi connectivity index (χ1) is 9.15. The van der Waals surface area contributed by atoms with E-state index in [0.29, 0.717) is 19.0 Å². The van der Waals surface area contributed by atoms with Gasteiger partial charge in [0.15, 0.2) is 0 Å². The Morgan fingerprint density at radius 3 is 2.68 bits per heavy atom. The van der Waals surface area contributed by atoms with Crippen LogP contribution in [0.4, 0.5) is 0 Å². The quantitative estimate of drug-likeness (QED) is 0.863. The predicted octanol–water partition coefficient (Wildman–Crippen LogP) is 3.18. The van der Waals surface area contributed by atoms with Gasteiger partial charge in [0.25, 0.3) is 0 Å².